The molecule has 2 aromatic carbocycles. The third-order valence-corrected chi connectivity index (χ3v) is 8.60. The summed E-state index contributed by atoms with van der Waals surface area (Å²) in [6, 6.07) is 12.5. The minimum atomic E-state index is -1.67. The molecule has 0 unspecified atom stereocenters. The molecule has 1 radical (unpaired) electrons. The number of halogens is 2. The van der Waals surface area contributed by atoms with Gasteiger partial charge in [0.1, 0.15) is 23.0 Å². The van der Waals surface area contributed by atoms with Gasteiger partial charge in [-0.1, -0.05) is 54.4 Å². The van der Waals surface area contributed by atoms with E-state index in [4.69, 9.17) is 29.0 Å². The van der Waals surface area contributed by atoms with E-state index in [0.29, 0.717) is 17.4 Å². The first-order chi connectivity index (χ1) is 24.3. The van der Waals surface area contributed by atoms with Gasteiger partial charge in [0.2, 0.25) is 9.23 Å². The Hall–Kier alpha value is -1.72. The van der Waals surface area contributed by atoms with Gasteiger partial charge in [-0.2, -0.15) is 12.8 Å². The van der Waals surface area contributed by atoms with Gasteiger partial charge in [0.25, 0.3) is 0 Å². The number of aliphatic carboxylic acids is 1. The quantitative estimate of drug-likeness (QED) is 0.0878. The fourth-order valence-corrected chi connectivity index (χ4v) is 5.59. The fourth-order valence-electron chi connectivity index (χ4n) is 5.59. The predicted molar refractivity (Wildman–Crippen MR) is 206 cm³/mol. The molecular formula is C39H59Cl2O9SY-. The molecule has 3 aliphatic carbocycles. The van der Waals surface area contributed by atoms with E-state index in [9.17, 15) is 14.4 Å². The molecule has 0 spiro atoms. The van der Waals surface area contributed by atoms with Crippen LogP contribution in [0, 0.1) is 36.0 Å². The number of carbonyl (C=O) groups excluding carboxylic acids is 2. The summed E-state index contributed by atoms with van der Waals surface area (Å²) in [6.45, 7) is 12.4. The molecule has 3 fully saturated rings. The first kappa shape index (κ1) is 52.4. The SMILES string of the molecule is CC.CC.CC1CCC(C(=O)O)CC1.CC1CCC(C(=O)Oc2ccc(OC(=O)C3CC[CH-]CC3)cc2)CC1.O=S(Cl)Cl.Oc1ccc(O)cc1.[Y]. The number of hydrogen-bond acceptors (Lipinski definition) is 8. The fraction of sp³-hybridized carbons (Fsp3) is 0.590. The maximum Gasteiger partial charge on any atom is 0.314 e. The van der Waals surface area contributed by atoms with Crippen molar-refractivity contribution in [1.82, 2.24) is 0 Å². The van der Waals surface area contributed by atoms with Crippen molar-refractivity contribution in [3.63, 3.8) is 0 Å². The van der Waals surface area contributed by atoms with Crippen molar-refractivity contribution in [3.8, 4) is 23.0 Å². The van der Waals surface area contributed by atoms with Gasteiger partial charge in [-0.15, -0.1) is 0 Å². The number of esters is 2. The van der Waals surface area contributed by atoms with Crippen LogP contribution < -0.4 is 9.47 Å². The van der Waals surface area contributed by atoms with E-state index in [1.807, 2.05) is 27.7 Å². The van der Waals surface area contributed by atoms with Crippen LogP contribution >= 0.6 is 21.4 Å². The van der Waals surface area contributed by atoms with Gasteiger partial charge in [-0.25, -0.2) is 4.21 Å². The molecule has 293 valence electrons. The molecule has 3 saturated carbocycles. The average molecular weight is 864 g/mol. The Balaban J connectivity index is 0. The van der Waals surface area contributed by atoms with E-state index in [2.05, 4.69) is 41.6 Å². The summed E-state index contributed by atoms with van der Waals surface area (Å²) < 4.78 is 20.0. The van der Waals surface area contributed by atoms with Crippen molar-refractivity contribution in [2.45, 2.75) is 119 Å². The summed E-state index contributed by atoms with van der Waals surface area (Å²) in [5, 5.41) is 25.9. The molecule has 0 atom stereocenters. The Morgan fingerprint density at radius 1 is 0.615 bits per heavy atom. The largest absolute Gasteiger partial charge is 0.508 e. The predicted octanol–water partition coefficient (Wildman–Crippen LogP) is 10.8. The van der Waals surface area contributed by atoms with Crippen LogP contribution in [0.4, 0.5) is 0 Å². The Morgan fingerprint density at radius 3 is 1.21 bits per heavy atom. The number of phenolic OH excluding ortho intramolecular Hbond substituents is 2. The van der Waals surface area contributed by atoms with Gasteiger partial charge >= 0.3 is 17.9 Å². The van der Waals surface area contributed by atoms with E-state index < -0.39 is 15.2 Å². The van der Waals surface area contributed by atoms with Gasteiger partial charge in [0, 0.05) is 54.1 Å². The molecule has 5 rings (SSSR count). The summed E-state index contributed by atoms with van der Waals surface area (Å²) in [7, 11) is 7.36. The van der Waals surface area contributed by atoms with Crippen LogP contribution in [-0.4, -0.2) is 37.4 Å². The first-order valence-electron chi connectivity index (χ1n) is 18.1. The van der Waals surface area contributed by atoms with Crippen LogP contribution in [0.5, 0.6) is 23.0 Å². The second-order valence-electron chi connectivity index (χ2n) is 12.4. The zero-order chi connectivity index (χ0) is 38.8. The summed E-state index contributed by atoms with van der Waals surface area (Å²) in [5.41, 5.74) is 0. The van der Waals surface area contributed by atoms with E-state index in [1.54, 1.807) is 24.3 Å². The molecule has 0 aliphatic heterocycles. The molecule has 0 saturated heterocycles. The van der Waals surface area contributed by atoms with Crippen LogP contribution in [0.25, 0.3) is 0 Å². The van der Waals surface area contributed by atoms with Crippen LogP contribution in [-0.2, 0) is 56.3 Å². The third kappa shape index (κ3) is 24.6. The van der Waals surface area contributed by atoms with Gasteiger partial charge in [0.15, 0.2) is 0 Å². The molecule has 13 heteroatoms. The summed E-state index contributed by atoms with van der Waals surface area (Å²) in [4.78, 5) is 34.8. The Kier molecular flexibility index (Phi) is 31.9. The van der Waals surface area contributed by atoms with Gasteiger partial charge in [-0.3, -0.25) is 14.4 Å². The van der Waals surface area contributed by atoms with Crippen LogP contribution in [0.1, 0.15) is 119 Å². The molecular weight excluding hydrogens is 804 g/mol. The minimum Gasteiger partial charge on any atom is -0.508 e. The molecule has 3 aliphatic rings. The van der Waals surface area contributed by atoms with Gasteiger partial charge < -0.3 is 31.2 Å². The average Bonchev–Trinajstić information content (AvgIpc) is 3.13. The van der Waals surface area contributed by atoms with Crippen LogP contribution in [0.15, 0.2) is 48.5 Å². The standard InChI is InChI=1S/C21H27O4.C8H14O2.C6H6O2.2C2H6.Cl2OS.Y/c1-15-7-9-17(10-8-15)21(23)25-19-13-11-18(12-14-19)24-20(22)16-5-3-2-4-6-16;1-6-2-4-7(5-3-6)8(9)10;7-5-1-2-6(8)4-3-5;2*1-2;1-4(2)3;/h2,11-17H,3-10H2,1H3;6-7H,2-5H2,1H3,(H,9,10);1-4,7-8H;2*1-2H3;;/q-1;;;;;;. The maximum atomic E-state index is 12.2. The van der Waals surface area contributed by atoms with Crippen LogP contribution in [0.2, 0.25) is 0 Å². The second-order valence-corrected chi connectivity index (χ2v) is 14.9. The maximum absolute atomic E-state index is 12.2. The normalized spacial score (nSPS) is 20.6. The van der Waals surface area contributed by atoms with Crippen molar-refractivity contribution >= 4 is 48.5 Å². The number of hydrogen-bond donors (Lipinski definition) is 3. The van der Waals surface area contributed by atoms with Crippen molar-refractivity contribution in [3.05, 3.63) is 55.0 Å². The number of aromatic hydroxyl groups is 2. The molecule has 9 nitrogen and oxygen atoms in total. The van der Waals surface area contributed by atoms with E-state index >= 15 is 0 Å². The zero-order valence-electron chi connectivity index (χ0n) is 31.6. The number of phenols is 2. The molecule has 3 N–H and O–H groups in total. The summed E-state index contributed by atoms with van der Waals surface area (Å²) >= 11 is 0. The Morgan fingerprint density at radius 2 is 0.904 bits per heavy atom. The Labute approximate surface area is 348 Å². The van der Waals surface area contributed by atoms with E-state index in [-0.39, 0.29) is 73.9 Å². The Bertz CT molecular complexity index is 1220. The number of ether oxygens (including phenoxy) is 2. The van der Waals surface area contributed by atoms with E-state index in [1.165, 1.54) is 24.3 Å². The van der Waals surface area contributed by atoms with Gasteiger partial charge in [0.05, 0.1) is 17.8 Å². The van der Waals surface area contributed by atoms with Crippen molar-refractivity contribution in [2.24, 2.45) is 29.6 Å². The zero-order valence-corrected chi connectivity index (χ0v) is 36.8. The number of rotatable bonds is 5. The topological polar surface area (TPSA) is 147 Å². The van der Waals surface area contributed by atoms with Crippen molar-refractivity contribution in [2.75, 3.05) is 0 Å². The number of carbonyl (C=O) groups is 3. The molecule has 0 bridgehead atoms. The second kappa shape index (κ2) is 31.6. The van der Waals surface area contributed by atoms with Crippen molar-refractivity contribution < 1.29 is 76.1 Å². The molecule has 0 aromatic heterocycles. The smallest absolute Gasteiger partial charge is 0.314 e. The molecule has 52 heavy (non-hydrogen) atoms. The summed E-state index contributed by atoms with van der Waals surface area (Å²) in [5.74, 6) is 1.86. The van der Waals surface area contributed by atoms with Gasteiger partial charge in [-0.05, 0) is 112 Å². The monoisotopic (exact) mass is 862 g/mol. The number of carboxylic acid groups (broad SMARTS) is 1. The third-order valence-electron chi connectivity index (χ3n) is 8.60. The first-order valence-corrected chi connectivity index (χ1v) is 20.9. The molecule has 2 aromatic rings. The summed E-state index contributed by atoms with van der Waals surface area (Å²) in [6.07, 6.45) is 13.9. The van der Waals surface area contributed by atoms with Crippen LogP contribution in [0.3, 0.4) is 0 Å². The number of benzene rings is 2. The van der Waals surface area contributed by atoms with E-state index in [0.717, 1.165) is 83.0 Å². The molecule has 0 amide bonds. The van der Waals surface area contributed by atoms with Crippen molar-refractivity contribution in [1.29, 1.82) is 0 Å². The molecule has 0 heterocycles. The minimum absolute atomic E-state index is 0. The number of carboxylic acids is 1.